The molecule has 1 amide bonds. The van der Waals surface area contributed by atoms with Crippen molar-refractivity contribution in [1.82, 2.24) is 10.3 Å². The van der Waals surface area contributed by atoms with Crippen LogP contribution in [0.5, 0.6) is 0 Å². The molecule has 0 fully saturated rings. The summed E-state index contributed by atoms with van der Waals surface area (Å²) in [5.41, 5.74) is 0.630. The van der Waals surface area contributed by atoms with Crippen molar-refractivity contribution >= 4 is 21.8 Å². The Morgan fingerprint density at radius 1 is 1.50 bits per heavy atom. The Kier molecular flexibility index (Phi) is 4.53. The van der Waals surface area contributed by atoms with Crippen LogP contribution < -0.4 is 5.32 Å². The molecule has 0 aliphatic heterocycles. The zero-order valence-corrected chi connectivity index (χ0v) is 11.6. The fourth-order valence-electron chi connectivity index (χ4n) is 1.25. The van der Waals surface area contributed by atoms with Gasteiger partial charge in [-0.15, -0.1) is 0 Å². The molecule has 16 heavy (non-hydrogen) atoms. The Bertz CT molecular complexity index is 374. The average molecular weight is 289 g/mol. The molecule has 0 saturated carbocycles. The molecular weight excluding hydrogens is 272 g/mol. The summed E-state index contributed by atoms with van der Waals surface area (Å²) in [4.78, 5) is 16.1. The number of carbonyl (C=O) groups is 1. The first-order valence-electron chi connectivity index (χ1n) is 5.28. The molecule has 1 atom stereocenters. The van der Waals surface area contributed by atoms with Gasteiger partial charge >= 0.3 is 0 Å². The third kappa shape index (κ3) is 3.33. The van der Waals surface area contributed by atoms with Crippen molar-refractivity contribution in [1.29, 1.82) is 0 Å². The summed E-state index contributed by atoms with van der Waals surface area (Å²) in [6.07, 6.45) is 0. The average Bonchev–Trinajstić information content (AvgIpc) is 2.53. The van der Waals surface area contributed by atoms with Crippen LogP contribution in [0.25, 0.3) is 0 Å². The van der Waals surface area contributed by atoms with Crippen molar-refractivity contribution in [3.63, 3.8) is 0 Å². The molecule has 5 heteroatoms. The van der Waals surface area contributed by atoms with Crippen LogP contribution in [0.1, 0.15) is 36.0 Å². The van der Waals surface area contributed by atoms with Gasteiger partial charge in [-0.2, -0.15) is 0 Å². The molecule has 1 rings (SSSR count). The maximum Gasteiger partial charge on any atom is 0.289 e. The fraction of sp³-hybridized carbons (Fsp3) is 0.636. The van der Waals surface area contributed by atoms with Crippen LogP contribution in [0.4, 0.5) is 0 Å². The van der Waals surface area contributed by atoms with Crippen molar-refractivity contribution in [2.24, 2.45) is 5.92 Å². The summed E-state index contributed by atoms with van der Waals surface area (Å²) in [6.45, 7) is 8.26. The number of nitrogens with one attached hydrogen (secondary N) is 1. The van der Waals surface area contributed by atoms with Crippen LogP contribution in [0.3, 0.4) is 0 Å². The fourth-order valence-corrected chi connectivity index (χ4v) is 1.41. The van der Waals surface area contributed by atoms with Crippen molar-refractivity contribution in [3.05, 3.63) is 17.3 Å². The van der Waals surface area contributed by atoms with Gasteiger partial charge in [-0.25, -0.2) is 4.98 Å². The van der Waals surface area contributed by atoms with E-state index in [9.17, 15) is 4.79 Å². The quantitative estimate of drug-likeness (QED) is 0.866. The van der Waals surface area contributed by atoms with Crippen molar-refractivity contribution in [2.45, 2.75) is 32.5 Å². The van der Waals surface area contributed by atoms with Gasteiger partial charge in [0, 0.05) is 18.3 Å². The van der Waals surface area contributed by atoms with Crippen LogP contribution in [-0.2, 0) is 0 Å². The maximum absolute atomic E-state index is 11.7. The number of alkyl halides is 1. The summed E-state index contributed by atoms with van der Waals surface area (Å²) in [5, 5.41) is 2.81. The summed E-state index contributed by atoms with van der Waals surface area (Å²) in [5.74, 6) is 1.09. The van der Waals surface area contributed by atoms with Crippen LogP contribution in [0.15, 0.2) is 4.42 Å². The number of amides is 1. The van der Waals surface area contributed by atoms with Gasteiger partial charge in [-0.3, -0.25) is 4.79 Å². The third-order valence-corrected chi connectivity index (χ3v) is 3.67. The van der Waals surface area contributed by atoms with Crippen LogP contribution in [-0.4, -0.2) is 22.3 Å². The molecule has 90 valence electrons. The summed E-state index contributed by atoms with van der Waals surface area (Å²) < 4.78 is 5.23. The molecule has 0 saturated heterocycles. The second-order valence-corrected chi connectivity index (χ2v) is 5.29. The van der Waals surface area contributed by atoms with E-state index in [1.807, 2.05) is 0 Å². The normalized spacial score (nSPS) is 12.9. The lowest BCUT2D eigenvalue weighted by Gasteiger charge is -2.13. The molecule has 1 heterocycles. The van der Waals surface area contributed by atoms with E-state index in [1.165, 1.54) is 0 Å². The second kappa shape index (κ2) is 5.48. The van der Waals surface area contributed by atoms with E-state index < -0.39 is 0 Å². The number of oxazole rings is 1. The van der Waals surface area contributed by atoms with Crippen molar-refractivity contribution in [3.8, 4) is 0 Å². The van der Waals surface area contributed by atoms with Gasteiger partial charge in [0.1, 0.15) is 0 Å². The van der Waals surface area contributed by atoms with Crippen molar-refractivity contribution < 1.29 is 9.21 Å². The van der Waals surface area contributed by atoms with E-state index >= 15 is 0 Å². The van der Waals surface area contributed by atoms with E-state index in [-0.39, 0.29) is 10.7 Å². The topological polar surface area (TPSA) is 55.1 Å². The highest BCUT2D eigenvalue weighted by molar-refractivity contribution is 9.09. The smallest absolute Gasteiger partial charge is 0.289 e. The minimum atomic E-state index is -0.205. The zero-order chi connectivity index (χ0) is 12.3. The minimum Gasteiger partial charge on any atom is -0.436 e. The van der Waals surface area contributed by atoms with Gasteiger partial charge < -0.3 is 9.73 Å². The molecular formula is C11H17BrN2O2. The van der Waals surface area contributed by atoms with E-state index in [4.69, 9.17) is 4.42 Å². The number of aromatic nitrogens is 1. The van der Waals surface area contributed by atoms with Gasteiger partial charge in [0.25, 0.3) is 5.91 Å². The highest BCUT2D eigenvalue weighted by Gasteiger charge is 2.17. The second-order valence-electron chi connectivity index (χ2n) is 4.12. The number of rotatable bonds is 4. The van der Waals surface area contributed by atoms with Crippen LogP contribution in [0, 0.1) is 19.8 Å². The Morgan fingerprint density at radius 3 is 2.56 bits per heavy atom. The van der Waals surface area contributed by atoms with E-state index in [0.29, 0.717) is 29.8 Å². The lowest BCUT2D eigenvalue weighted by molar-refractivity contribution is 0.0923. The Hall–Kier alpha value is -0.840. The first-order valence-corrected chi connectivity index (χ1v) is 6.19. The molecule has 0 spiro atoms. The minimum absolute atomic E-state index is 0.205. The highest BCUT2D eigenvalue weighted by Crippen LogP contribution is 2.12. The summed E-state index contributed by atoms with van der Waals surface area (Å²) in [6, 6.07) is 0. The predicted octanol–water partition coefficient (Wildman–Crippen LogP) is 2.44. The molecule has 4 nitrogen and oxygen atoms in total. The van der Waals surface area contributed by atoms with Crippen LogP contribution in [0.2, 0.25) is 0 Å². The van der Waals surface area contributed by atoms with Gasteiger partial charge in [0.15, 0.2) is 5.89 Å². The van der Waals surface area contributed by atoms with E-state index in [0.717, 1.165) is 0 Å². The molecule has 0 aliphatic carbocycles. The van der Waals surface area contributed by atoms with Crippen molar-refractivity contribution in [2.75, 3.05) is 6.54 Å². The van der Waals surface area contributed by atoms with Gasteiger partial charge in [0.2, 0.25) is 5.76 Å². The number of aryl methyl sites for hydroxylation is 2. The maximum atomic E-state index is 11.7. The molecule has 0 aromatic carbocycles. The predicted molar refractivity (Wildman–Crippen MR) is 65.9 cm³/mol. The number of halogens is 1. The monoisotopic (exact) mass is 288 g/mol. The molecule has 1 N–H and O–H groups in total. The Balaban J connectivity index is 2.56. The Labute approximate surface area is 104 Å². The summed E-state index contributed by atoms with van der Waals surface area (Å²) in [7, 11) is 0. The molecule has 1 aromatic heterocycles. The van der Waals surface area contributed by atoms with E-state index in [1.54, 1.807) is 13.8 Å². The molecule has 1 aromatic rings. The first kappa shape index (κ1) is 13.2. The molecule has 0 bridgehead atoms. The number of hydrogen-bond donors (Lipinski definition) is 1. The standard InChI is InChI=1S/C11H17BrN2O2/c1-6(2)9(12)5-13-11(15)10-7(3)14-8(4)16-10/h6,9H,5H2,1-4H3,(H,13,15). The van der Waals surface area contributed by atoms with Crippen LogP contribution >= 0.6 is 15.9 Å². The van der Waals surface area contributed by atoms with E-state index in [2.05, 4.69) is 40.1 Å². The zero-order valence-electron chi connectivity index (χ0n) is 10.0. The lowest BCUT2D eigenvalue weighted by Crippen LogP contribution is -2.31. The molecule has 0 radical (unpaired) electrons. The molecule has 0 aliphatic rings. The van der Waals surface area contributed by atoms with Gasteiger partial charge in [0.05, 0.1) is 5.69 Å². The largest absolute Gasteiger partial charge is 0.436 e. The van der Waals surface area contributed by atoms with Gasteiger partial charge in [-0.1, -0.05) is 29.8 Å². The Morgan fingerprint density at radius 2 is 2.12 bits per heavy atom. The summed E-state index contributed by atoms with van der Waals surface area (Å²) >= 11 is 3.51. The number of carbonyl (C=O) groups excluding carboxylic acids is 1. The van der Waals surface area contributed by atoms with Gasteiger partial charge in [-0.05, 0) is 12.8 Å². The highest BCUT2D eigenvalue weighted by atomic mass is 79.9. The number of nitrogens with zero attached hydrogens (tertiary/aromatic N) is 1. The molecule has 1 unspecified atom stereocenters. The first-order chi connectivity index (χ1) is 7.41. The lowest BCUT2D eigenvalue weighted by atomic mass is 10.1. The SMILES string of the molecule is Cc1nc(C)c(C(=O)NCC(Br)C(C)C)o1. The number of hydrogen-bond acceptors (Lipinski definition) is 3. The third-order valence-electron chi connectivity index (χ3n) is 2.29.